The number of hydrogen-bond acceptors (Lipinski definition) is 3. The van der Waals surface area contributed by atoms with Crippen LogP contribution in [0.15, 0.2) is 24.5 Å². The first-order chi connectivity index (χ1) is 10.9. The molecule has 1 aromatic carbocycles. The first kappa shape index (κ1) is 17.0. The maximum atomic E-state index is 14.4. The van der Waals surface area contributed by atoms with Gasteiger partial charge in [0.25, 0.3) is 0 Å². The van der Waals surface area contributed by atoms with Crippen molar-refractivity contribution in [2.75, 3.05) is 18.7 Å². The van der Waals surface area contributed by atoms with E-state index in [1.807, 2.05) is 13.8 Å². The number of hydrazine groups is 1. The topological polar surface area (TPSA) is 36.0 Å². The van der Waals surface area contributed by atoms with Gasteiger partial charge in [-0.3, -0.25) is 5.01 Å². The fraction of sp³-hybridized carbons (Fsp3) is 0.312. The number of halogens is 2. The minimum Gasteiger partial charge on any atom is -0.479 e. The van der Waals surface area contributed by atoms with E-state index in [4.69, 9.17) is 22.8 Å². The number of carbonyl (C=O) groups is 1. The number of ether oxygens (including phenoxy) is 1. The van der Waals surface area contributed by atoms with Crippen LogP contribution in [0.1, 0.15) is 13.8 Å². The van der Waals surface area contributed by atoms with E-state index in [0.29, 0.717) is 0 Å². The molecule has 7 heteroatoms. The minimum absolute atomic E-state index is 0.00750. The summed E-state index contributed by atoms with van der Waals surface area (Å²) >= 11 is 5.97. The standard InChI is InChI=1S/C16H17ClFN3O2/c1-5-8-23-15-10-14(13(18)9-12(15)17)21-16(22)19(4)6-7-20(21)11(2)3/h1,6-7,9-11H,8H2,2-4H3. The summed E-state index contributed by atoms with van der Waals surface area (Å²) in [5.41, 5.74) is 0.0383. The van der Waals surface area contributed by atoms with Crippen LogP contribution in [0.5, 0.6) is 5.75 Å². The third-order valence-electron chi connectivity index (χ3n) is 3.23. The van der Waals surface area contributed by atoms with Crippen molar-refractivity contribution in [1.29, 1.82) is 0 Å². The van der Waals surface area contributed by atoms with Crippen LogP contribution in [-0.4, -0.2) is 35.6 Å². The molecule has 0 fully saturated rings. The Morgan fingerprint density at radius 3 is 2.70 bits per heavy atom. The summed E-state index contributed by atoms with van der Waals surface area (Å²) in [6.07, 6.45) is 8.47. The van der Waals surface area contributed by atoms with Crippen LogP contribution in [0.4, 0.5) is 14.9 Å². The van der Waals surface area contributed by atoms with Crippen LogP contribution in [0, 0.1) is 18.2 Å². The Morgan fingerprint density at radius 1 is 1.39 bits per heavy atom. The molecular weight excluding hydrogens is 321 g/mol. The zero-order chi connectivity index (χ0) is 17.1. The van der Waals surface area contributed by atoms with Crippen molar-refractivity contribution in [3.05, 3.63) is 35.4 Å². The third kappa shape index (κ3) is 3.35. The molecule has 23 heavy (non-hydrogen) atoms. The van der Waals surface area contributed by atoms with Crippen molar-refractivity contribution in [3.8, 4) is 18.1 Å². The zero-order valence-electron chi connectivity index (χ0n) is 13.1. The number of anilines is 1. The van der Waals surface area contributed by atoms with E-state index < -0.39 is 11.8 Å². The van der Waals surface area contributed by atoms with Gasteiger partial charge in [0.1, 0.15) is 18.0 Å². The second-order valence-electron chi connectivity index (χ2n) is 5.20. The number of urea groups is 1. The molecule has 0 aliphatic carbocycles. The SMILES string of the molecule is C#CCOc1cc(N2C(=O)N(C)C=CN2C(C)C)c(F)cc1Cl. The number of carbonyl (C=O) groups excluding carboxylic acids is 1. The molecule has 0 aromatic heterocycles. The lowest BCUT2D eigenvalue weighted by atomic mass is 10.2. The summed E-state index contributed by atoms with van der Waals surface area (Å²) in [6, 6.07) is 2.02. The van der Waals surface area contributed by atoms with E-state index in [1.54, 1.807) is 24.5 Å². The van der Waals surface area contributed by atoms with Gasteiger partial charge < -0.3 is 9.64 Å². The summed E-state index contributed by atoms with van der Waals surface area (Å²) in [6.45, 7) is 3.77. The number of benzene rings is 1. The lowest BCUT2D eigenvalue weighted by Crippen LogP contribution is -2.54. The number of rotatable bonds is 4. The highest BCUT2D eigenvalue weighted by Crippen LogP contribution is 2.35. The highest BCUT2D eigenvalue weighted by Gasteiger charge is 2.31. The fourth-order valence-corrected chi connectivity index (χ4v) is 2.29. The Morgan fingerprint density at radius 2 is 2.09 bits per heavy atom. The van der Waals surface area contributed by atoms with Gasteiger partial charge in [-0.1, -0.05) is 17.5 Å². The first-order valence-electron chi connectivity index (χ1n) is 6.95. The quantitative estimate of drug-likeness (QED) is 0.789. The Hall–Kier alpha value is -2.39. The van der Waals surface area contributed by atoms with E-state index in [9.17, 15) is 9.18 Å². The summed E-state index contributed by atoms with van der Waals surface area (Å²) in [4.78, 5) is 13.8. The van der Waals surface area contributed by atoms with Gasteiger partial charge in [-0.25, -0.2) is 9.18 Å². The summed E-state index contributed by atoms with van der Waals surface area (Å²) in [7, 11) is 1.59. The summed E-state index contributed by atoms with van der Waals surface area (Å²) in [5.74, 6) is 1.90. The van der Waals surface area contributed by atoms with Crippen molar-refractivity contribution in [3.63, 3.8) is 0 Å². The molecule has 5 nitrogen and oxygen atoms in total. The van der Waals surface area contributed by atoms with Crippen molar-refractivity contribution < 1.29 is 13.9 Å². The molecule has 0 bridgehead atoms. The smallest absolute Gasteiger partial charge is 0.347 e. The minimum atomic E-state index is -0.634. The molecule has 0 atom stereocenters. The van der Waals surface area contributed by atoms with Crippen molar-refractivity contribution >= 4 is 23.3 Å². The molecule has 2 amide bonds. The average molecular weight is 338 g/mol. The highest BCUT2D eigenvalue weighted by atomic mass is 35.5. The highest BCUT2D eigenvalue weighted by molar-refractivity contribution is 6.32. The normalized spacial score (nSPS) is 14.5. The summed E-state index contributed by atoms with van der Waals surface area (Å²) in [5, 5.41) is 2.95. The number of hydrogen-bond donors (Lipinski definition) is 0. The molecular formula is C16H17ClFN3O2. The third-order valence-corrected chi connectivity index (χ3v) is 3.52. The molecule has 0 unspecified atom stereocenters. The van der Waals surface area contributed by atoms with Crippen LogP contribution in [0.2, 0.25) is 5.02 Å². The first-order valence-corrected chi connectivity index (χ1v) is 7.33. The van der Waals surface area contributed by atoms with E-state index in [0.717, 1.165) is 6.07 Å². The monoisotopic (exact) mass is 337 g/mol. The Kier molecular flexibility index (Phi) is 5.02. The van der Waals surface area contributed by atoms with Gasteiger partial charge in [-0.05, 0) is 19.9 Å². The van der Waals surface area contributed by atoms with Crippen LogP contribution in [0.25, 0.3) is 0 Å². The van der Waals surface area contributed by atoms with Gasteiger partial charge >= 0.3 is 6.03 Å². The lowest BCUT2D eigenvalue weighted by Gasteiger charge is -2.41. The molecule has 0 saturated carbocycles. The van der Waals surface area contributed by atoms with Crippen LogP contribution >= 0.6 is 11.6 Å². The molecule has 0 N–H and O–H groups in total. The van der Waals surface area contributed by atoms with Crippen LogP contribution in [0.3, 0.4) is 0 Å². The molecule has 0 saturated heterocycles. The average Bonchev–Trinajstić information content (AvgIpc) is 2.49. The van der Waals surface area contributed by atoms with Crippen LogP contribution < -0.4 is 9.75 Å². The largest absolute Gasteiger partial charge is 0.479 e. The Labute approximate surface area is 139 Å². The van der Waals surface area contributed by atoms with E-state index in [-0.39, 0.29) is 29.1 Å². The van der Waals surface area contributed by atoms with Gasteiger partial charge in [0.15, 0.2) is 5.82 Å². The second kappa shape index (κ2) is 6.80. The van der Waals surface area contributed by atoms with Crippen molar-refractivity contribution in [2.24, 2.45) is 0 Å². The Bertz CT molecular complexity index is 685. The second-order valence-corrected chi connectivity index (χ2v) is 5.61. The van der Waals surface area contributed by atoms with Gasteiger partial charge in [0, 0.05) is 31.6 Å². The fourth-order valence-electron chi connectivity index (χ4n) is 2.09. The number of nitrogens with zero attached hydrogens (tertiary/aromatic N) is 3. The Balaban J connectivity index is 2.51. The molecule has 1 aliphatic heterocycles. The molecule has 1 aromatic rings. The molecule has 2 rings (SSSR count). The predicted octanol–water partition coefficient (Wildman–Crippen LogP) is 3.46. The van der Waals surface area contributed by atoms with E-state index in [1.165, 1.54) is 16.0 Å². The lowest BCUT2D eigenvalue weighted by molar-refractivity contribution is 0.190. The van der Waals surface area contributed by atoms with Crippen LogP contribution in [-0.2, 0) is 0 Å². The summed E-state index contributed by atoms with van der Waals surface area (Å²) < 4.78 is 19.7. The van der Waals surface area contributed by atoms with Gasteiger partial charge in [0.2, 0.25) is 0 Å². The molecule has 0 spiro atoms. The van der Waals surface area contributed by atoms with Gasteiger partial charge in [-0.15, -0.1) is 6.42 Å². The van der Waals surface area contributed by atoms with Gasteiger partial charge in [-0.2, -0.15) is 5.01 Å². The zero-order valence-corrected chi connectivity index (χ0v) is 13.8. The molecule has 0 radical (unpaired) electrons. The van der Waals surface area contributed by atoms with Gasteiger partial charge in [0.05, 0.1) is 5.02 Å². The maximum absolute atomic E-state index is 14.4. The molecule has 1 heterocycles. The molecule has 122 valence electrons. The van der Waals surface area contributed by atoms with E-state index in [2.05, 4.69) is 5.92 Å². The number of amides is 2. The van der Waals surface area contributed by atoms with Crippen molar-refractivity contribution in [1.82, 2.24) is 9.91 Å². The van der Waals surface area contributed by atoms with Crippen molar-refractivity contribution in [2.45, 2.75) is 19.9 Å². The van der Waals surface area contributed by atoms with E-state index >= 15 is 0 Å². The maximum Gasteiger partial charge on any atom is 0.347 e. The predicted molar refractivity (Wildman–Crippen MR) is 87.5 cm³/mol. The molecule has 1 aliphatic rings. The number of terminal acetylenes is 1.